The summed E-state index contributed by atoms with van der Waals surface area (Å²) >= 11 is 0. The molecule has 0 radical (unpaired) electrons. The molecule has 2 rings (SSSR count). The van der Waals surface area contributed by atoms with E-state index in [2.05, 4.69) is 5.10 Å². The Labute approximate surface area is 127 Å². The number of carbonyl (C=O) groups excluding carboxylic acids is 1. The van der Waals surface area contributed by atoms with Crippen LogP contribution in [-0.2, 0) is 18.4 Å². The number of benzene rings is 1. The molecule has 0 aliphatic heterocycles. The van der Waals surface area contributed by atoms with E-state index in [1.54, 1.807) is 41.0 Å². The van der Waals surface area contributed by atoms with Crippen molar-refractivity contribution in [1.29, 1.82) is 0 Å². The van der Waals surface area contributed by atoms with Crippen molar-refractivity contribution < 1.29 is 9.72 Å². The van der Waals surface area contributed by atoms with E-state index in [1.807, 2.05) is 13.2 Å². The van der Waals surface area contributed by atoms with Crippen molar-refractivity contribution in [3.8, 4) is 0 Å². The topological polar surface area (TPSA) is 81.3 Å². The van der Waals surface area contributed by atoms with E-state index in [9.17, 15) is 14.9 Å². The second-order valence-corrected chi connectivity index (χ2v) is 4.90. The highest BCUT2D eigenvalue weighted by Crippen LogP contribution is 2.13. The number of amides is 1. The van der Waals surface area contributed by atoms with Gasteiger partial charge in [-0.25, -0.2) is 0 Å². The number of rotatable bonds is 5. The third-order valence-electron chi connectivity index (χ3n) is 3.08. The van der Waals surface area contributed by atoms with E-state index < -0.39 is 4.92 Å². The number of non-ortho nitro benzene ring substituents is 1. The third kappa shape index (κ3) is 4.02. The minimum atomic E-state index is -0.458. The number of nitrogens with zero attached hydrogens (tertiary/aromatic N) is 4. The standard InChI is InChI=1S/C15H16N4O3/c1-17(10-13-9-16-18(2)11-13)15(20)8-5-12-3-6-14(7-4-12)19(21)22/h3-9,11H,10H2,1-2H3. The molecule has 0 saturated heterocycles. The van der Waals surface area contributed by atoms with E-state index in [0.717, 1.165) is 11.1 Å². The highest BCUT2D eigenvalue weighted by atomic mass is 16.6. The summed E-state index contributed by atoms with van der Waals surface area (Å²) < 4.78 is 1.68. The lowest BCUT2D eigenvalue weighted by molar-refractivity contribution is -0.384. The van der Waals surface area contributed by atoms with Gasteiger partial charge in [0.05, 0.1) is 11.1 Å². The summed E-state index contributed by atoms with van der Waals surface area (Å²) in [5, 5.41) is 14.6. The predicted molar refractivity (Wildman–Crippen MR) is 81.8 cm³/mol. The number of aromatic nitrogens is 2. The van der Waals surface area contributed by atoms with Gasteiger partial charge in [0.25, 0.3) is 5.69 Å². The maximum atomic E-state index is 12.0. The van der Waals surface area contributed by atoms with Gasteiger partial charge in [-0.1, -0.05) is 0 Å². The fourth-order valence-electron chi connectivity index (χ4n) is 1.91. The molecule has 1 aromatic carbocycles. The fraction of sp³-hybridized carbons (Fsp3) is 0.200. The van der Waals surface area contributed by atoms with Crippen LogP contribution in [0.2, 0.25) is 0 Å². The van der Waals surface area contributed by atoms with Crippen LogP contribution < -0.4 is 0 Å². The molecule has 0 aliphatic rings. The highest BCUT2D eigenvalue weighted by Gasteiger charge is 2.07. The Morgan fingerprint density at radius 3 is 2.64 bits per heavy atom. The van der Waals surface area contributed by atoms with Crippen molar-refractivity contribution in [2.75, 3.05) is 7.05 Å². The lowest BCUT2D eigenvalue weighted by atomic mass is 10.2. The summed E-state index contributed by atoms with van der Waals surface area (Å²) in [6, 6.07) is 6.01. The van der Waals surface area contributed by atoms with Crippen molar-refractivity contribution >= 4 is 17.7 Å². The molecule has 114 valence electrons. The van der Waals surface area contributed by atoms with Crippen molar-refractivity contribution in [2.24, 2.45) is 7.05 Å². The SMILES string of the molecule is CN(Cc1cnn(C)c1)C(=O)C=Cc1ccc([N+](=O)[O-])cc1. The number of hydrogen-bond acceptors (Lipinski definition) is 4. The molecule has 0 atom stereocenters. The second-order valence-electron chi connectivity index (χ2n) is 4.90. The van der Waals surface area contributed by atoms with Gasteiger partial charge in [-0.05, 0) is 23.8 Å². The van der Waals surface area contributed by atoms with Gasteiger partial charge < -0.3 is 4.90 Å². The average Bonchev–Trinajstić information content (AvgIpc) is 2.90. The molecule has 22 heavy (non-hydrogen) atoms. The number of likely N-dealkylation sites (N-methyl/N-ethyl adjacent to an activating group) is 1. The van der Waals surface area contributed by atoms with E-state index in [-0.39, 0.29) is 11.6 Å². The molecule has 0 fully saturated rings. The Balaban J connectivity index is 1.96. The molecule has 7 heteroatoms. The fourth-order valence-corrected chi connectivity index (χ4v) is 1.91. The van der Waals surface area contributed by atoms with Gasteiger partial charge in [0.2, 0.25) is 5.91 Å². The minimum Gasteiger partial charge on any atom is -0.338 e. The zero-order valence-electron chi connectivity index (χ0n) is 12.3. The van der Waals surface area contributed by atoms with Gasteiger partial charge in [-0.2, -0.15) is 5.10 Å². The highest BCUT2D eigenvalue weighted by molar-refractivity contribution is 5.91. The normalized spacial score (nSPS) is 10.8. The van der Waals surface area contributed by atoms with Crippen LogP contribution in [0.25, 0.3) is 6.08 Å². The van der Waals surface area contributed by atoms with E-state index >= 15 is 0 Å². The molecule has 2 aromatic rings. The summed E-state index contributed by atoms with van der Waals surface area (Å²) in [5.41, 5.74) is 1.70. The van der Waals surface area contributed by atoms with Crippen LogP contribution in [0.3, 0.4) is 0 Å². The number of nitro groups is 1. The van der Waals surface area contributed by atoms with E-state index in [1.165, 1.54) is 18.2 Å². The molecular weight excluding hydrogens is 284 g/mol. The van der Waals surface area contributed by atoms with Crippen LogP contribution in [0.5, 0.6) is 0 Å². The van der Waals surface area contributed by atoms with Gasteiger partial charge in [0.1, 0.15) is 0 Å². The van der Waals surface area contributed by atoms with Gasteiger partial charge in [0, 0.05) is 50.6 Å². The molecular formula is C15H16N4O3. The average molecular weight is 300 g/mol. The zero-order valence-corrected chi connectivity index (χ0v) is 12.3. The summed E-state index contributed by atoms with van der Waals surface area (Å²) in [4.78, 5) is 23.7. The molecule has 1 heterocycles. The summed E-state index contributed by atoms with van der Waals surface area (Å²) in [5.74, 6) is -0.151. The van der Waals surface area contributed by atoms with Crippen LogP contribution in [-0.4, -0.2) is 32.6 Å². The first-order valence-electron chi connectivity index (χ1n) is 6.61. The van der Waals surface area contributed by atoms with Gasteiger partial charge in [-0.3, -0.25) is 19.6 Å². The Morgan fingerprint density at radius 2 is 2.09 bits per heavy atom. The Hall–Kier alpha value is -2.96. The summed E-state index contributed by atoms with van der Waals surface area (Å²) in [6.45, 7) is 0.470. The van der Waals surface area contributed by atoms with Crippen LogP contribution in [0, 0.1) is 10.1 Å². The van der Waals surface area contributed by atoms with Gasteiger partial charge in [-0.15, -0.1) is 0 Å². The van der Waals surface area contributed by atoms with Crippen LogP contribution in [0.1, 0.15) is 11.1 Å². The minimum absolute atomic E-state index is 0.0252. The van der Waals surface area contributed by atoms with Crippen molar-refractivity contribution in [3.05, 3.63) is 64.0 Å². The first kappa shape index (κ1) is 15.4. The molecule has 7 nitrogen and oxygen atoms in total. The Morgan fingerprint density at radius 1 is 1.41 bits per heavy atom. The molecule has 0 saturated carbocycles. The van der Waals surface area contributed by atoms with Crippen molar-refractivity contribution in [1.82, 2.24) is 14.7 Å². The number of carbonyl (C=O) groups is 1. The number of aryl methyl sites for hydroxylation is 1. The van der Waals surface area contributed by atoms with E-state index in [4.69, 9.17) is 0 Å². The molecule has 1 amide bonds. The summed E-state index contributed by atoms with van der Waals surface area (Å²) in [6.07, 6.45) is 6.64. The number of hydrogen-bond donors (Lipinski definition) is 0. The largest absolute Gasteiger partial charge is 0.338 e. The maximum absolute atomic E-state index is 12.0. The quantitative estimate of drug-likeness (QED) is 0.480. The third-order valence-corrected chi connectivity index (χ3v) is 3.08. The lowest BCUT2D eigenvalue weighted by Crippen LogP contribution is -2.23. The molecule has 0 aliphatic carbocycles. The molecule has 0 N–H and O–H groups in total. The van der Waals surface area contributed by atoms with Gasteiger partial charge >= 0.3 is 0 Å². The second kappa shape index (κ2) is 6.66. The number of nitro benzene ring substituents is 1. The monoisotopic (exact) mass is 300 g/mol. The van der Waals surface area contributed by atoms with Crippen LogP contribution >= 0.6 is 0 Å². The Bertz CT molecular complexity index is 704. The maximum Gasteiger partial charge on any atom is 0.269 e. The van der Waals surface area contributed by atoms with Crippen molar-refractivity contribution in [2.45, 2.75) is 6.54 Å². The molecule has 0 bridgehead atoms. The van der Waals surface area contributed by atoms with Crippen molar-refractivity contribution in [3.63, 3.8) is 0 Å². The Kier molecular flexibility index (Phi) is 4.67. The smallest absolute Gasteiger partial charge is 0.269 e. The first-order valence-corrected chi connectivity index (χ1v) is 6.61. The lowest BCUT2D eigenvalue weighted by Gasteiger charge is -2.13. The van der Waals surface area contributed by atoms with Gasteiger partial charge in [0.15, 0.2) is 0 Å². The van der Waals surface area contributed by atoms with Crippen LogP contribution in [0.4, 0.5) is 5.69 Å². The van der Waals surface area contributed by atoms with E-state index in [0.29, 0.717) is 6.54 Å². The zero-order chi connectivity index (χ0) is 16.1. The molecule has 0 spiro atoms. The molecule has 1 aromatic heterocycles. The summed E-state index contributed by atoms with van der Waals surface area (Å²) in [7, 11) is 3.52. The predicted octanol–water partition coefficient (Wildman–Crippen LogP) is 2.00. The molecule has 0 unspecified atom stereocenters. The van der Waals surface area contributed by atoms with Crippen LogP contribution in [0.15, 0.2) is 42.7 Å². The first-order chi connectivity index (χ1) is 10.5.